The van der Waals surface area contributed by atoms with Crippen molar-refractivity contribution in [3.05, 3.63) is 95.1 Å². The van der Waals surface area contributed by atoms with Gasteiger partial charge in [0, 0.05) is 5.92 Å². The van der Waals surface area contributed by atoms with E-state index in [1.807, 2.05) is 18.2 Å². The quantitative estimate of drug-likeness (QED) is 0.592. The molecule has 1 nitrogen and oxygen atoms in total. The number of benzene rings is 3. The van der Waals surface area contributed by atoms with Gasteiger partial charge in [-0.25, -0.2) is 0 Å². The number of aliphatic hydroxyl groups excluding tert-OH is 1. The molecule has 0 aliphatic heterocycles. The van der Waals surface area contributed by atoms with E-state index in [4.69, 9.17) is 0 Å². The molecule has 0 saturated carbocycles. The van der Waals surface area contributed by atoms with Crippen LogP contribution in [-0.4, -0.2) is 11.7 Å². The first-order chi connectivity index (χ1) is 10.9. The molecule has 3 aromatic rings. The minimum Gasteiger partial charge on any atom is -0.395 e. The Morgan fingerprint density at radius 3 is 2.27 bits per heavy atom. The summed E-state index contributed by atoms with van der Waals surface area (Å²) in [6, 6.07) is 25.5. The van der Waals surface area contributed by atoms with Gasteiger partial charge in [-0.05, 0) is 39.8 Å². The highest BCUT2D eigenvalue weighted by Crippen LogP contribution is 2.38. The third kappa shape index (κ3) is 2.15. The highest BCUT2D eigenvalue weighted by Gasteiger charge is 2.20. The largest absolute Gasteiger partial charge is 0.395 e. The van der Waals surface area contributed by atoms with Gasteiger partial charge in [0.1, 0.15) is 0 Å². The Kier molecular flexibility index (Phi) is 3.28. The van der Waals surface area contributed by atoms with Crippen molar-refractivity contribution >= 4 is 0 Å². The molecule has 0 amide bonds. The van der Waals surface area contributed by atoms with Crippen LogP contribution in [0.4, 0.5) is 0 Å². The number of aliphatic hydroxyl groups is 1. The zero-order valence-corrected chi connectivity index (χ0v) is 12.4. The first-order valence-electron chi connectivity index (χ1n) is 7.74. The van der Waals surface area contributed by atoms with Gasteiger partial charge in [-0.2, -0.15) is 0 Å². The summed E-state index contributed by atoms with van der Waals surface area (Å²) in [5.41, 5.74) is 7.82. The molecule has 3 aromatic carbocycles. The molecule has 1 unspecified atom stereocenters. The van der Waals surface area contributed by atoms with Crippen molar-refractivity contribution in [3.63, 3.8) is 0 Å². The van der Waals surface area contributed by atoms with Crippen molar-refractivity contribution in [3.8, 4) is 11.1 Å². The van der Waals surface area contributed by atoms with Gasteiger partial charge in [0.2, 0.25) is 0 Å². The number of hydrogen-bond acceptors (Lipinski definition) is 1. The van der Waals surface area contributed by atoms with Gasteiger partial charge in [0.25, 0.3) is 0 Å². The van der Waals surface area contributed by atoms with Crippen LogP contribution in [0.25, 0.3) is 11.1 Å². The van der Waals surface area contributed by atoms with Crippen molar-refractivity contribution in [1.82, 2.24) is 0 Å². The van der Waals surface area contributed by atoms with Crippen LogP contribution in [-0.2, 0) is 6.42 Å². The van der Waals surface area contributed by atoms with Crippen LogP contribution in [0.2, 0.25) is 0 Å². The molecule has 22 heavy (non-hydrogen) atoms. The van der Waals surface area contributed by atoms with E-state index < -0.39 is 0 Å². The van der Waals surface area contributed by atoms with E-state index in [9.17, 15) is 5.11 Å². The monoisotopic (exact) mass is 286 g/mol. The Morgan fingerprint density at radius 1 is 0.727 bits per heavy atom. The zero-order chi connectivity index (χ0) is 14.9. The van der Waals surface area contributed by atoms with Gasteiger partial charge in [0.05, 0.1) is 6.61 Å². The summed E-state index contributed by atoms with van der Waals surface area (Å²) in [5, 5.41) is 9.85. The third-order valence-electron chi connectivity index (χ3n) is 4.60. The lowest BCUT2D eigenvalue weighted by Gasteiger charge is -2.16. The van der Waals surface area contributed by atoms with Crippen LogP contribution >= 0.6 is 0 Å². The fraction of sp³-hybridized carbons (Fsp3) is 0.143. The molecular weight excluding hydrogens is 268 g/mol. The Labute approximate surface area is 130 Å². The maximum absolute atomic E-state index is 9.85. The molecule has 1 aliphatic carbocycles. The molecule has 0 spiro atoms. The van der Waals surface area contributed by atoms with Crippen LogP contribution in [0.5, 0.6) is 0 Å². The molecule has 0 radical (unpaired) electrons. The highest BCUT2D eigenvalue weighted by molar-refractivity contribution is 5.77. The lowest BCUT2D eigenvalue weighted by atomic mass is 9.90. The smallest absolute Gasteiger partial charge is 0.0540 e. The average molecular weight is 286 g/mol. The summed E-state index contributed by atoms with van der Waals surface area (Å²) in [6.45, 7) is 0.135. The molecule has 1 heteroatoms. The fourth-order valence-corrected chi connectivity index (χ4v) is 3.47. The molecule has 1 N–H and O–H groups in total. The van der Waals surface area contributed by atoms with Gasteiger partial charge in [-0.15, -0.1) is 0 Å². The first kappa shape index (κ1) is 13.3. The maximum Gasteiger partial charge on any atom is 0.0540 e. The average Bonchev–Trinajstić information content (AvgIpc) is 2.94. The molecule has 0 saturated heterocycles. The maximum atomic E-state index is 9.85. The van der Waals surface area contributed by atoms with Gasteiger partial charge in [-0.1, -0.05) is 72.8 Å². The van der Waals surface area contributed by atoms with Crippen molar-refractivity contribution in [2.75, 3.05) is 6.61 Å². The second kappa shape index (κ2) is 5.43. The van der Waals surface area contributed by atoms with E-state index in [1.54, 1.807) is 0 Å². The summed E-state index contributed by atoms with van der Waals surface area (Å²) in [6.07, 6.45) is 0.992. The predicted octanol–water partition coefficient (Wildman–Crippen LogP) is 4.38. The molecule has 4 rings (SSSR count). The standard InChI is InChI=1S/C21H18O/c22-14-21(15-6-2-1-3-7-15)17-10-11-20-18(13-17)12-16-8-4-5-9-19(16)20/h1-11,13,21-22H,12,14H2. The van der Waals surface area contributed by atoms with E-state index in [1.165, 1.54) is 33.4 Å². The Morgan fingerprint density at radius 2 is 1.45 bits per heavy atom. The summed E-state index contributed by atoms with van der Waals surface area (Å²) >= 11 is 0. The lowest BCUT2D eigenvalue weighted by Crippen LogP contribution is -2.06. The third-order valence-corrected chi connectivity index (χ3v) is 4.60. The van der Waals surface area contributed by atoms with E-state index >= 15 is 0 Å². The molecule has 0 heterocycles. The summed E-state index contributed by atoms with van der Waals surface area (Å²) < 4.78 is 0. The second-order valence-electron chi connectivity index (χ2n) is 5.90. The summed E-state index contributed by atoms with van der Waals surface area (Å²) in [4.78, 5) is 0. The van der Waals surface area contributed by atoms with E-state index in [0.717, 1.165) is 6.42 Å². The number of fused-ring (bicyclic) bond motifs is 3. The minimum absolute atomic E-state index is 0.0511. The minimum atomic E-state index is 0.0511. The van der Waals surface area contributed by atoms with E-state index in [0.29, 0.717) is 0 Å². The zero-order valence-electron chi connectivity index (χ0n) is 12.4. The fourth-order valence-electron chi connectivity index (χ4n) is 3.47. The van der Waals surface area contributed by atoms with Crippen LogP contribution in [0.1, 0.15) is 28.2 Å². The van der Waals surface area contributed by atoms with Crippen LogP contribution in [0, 0.1) is 0 Å². The second-order valence-corrected chi connectivity index (χ2v) is 5.90. The lowest BCUT2D eigenvalue weighted by molar-refractivity contribution is 0.280. The Hall–Kier alpha value is -2.38. The molecule has 0 aromatic heterocycles. The predicted molar refractivity (Wildman–Crippen MR) is 90.1 cm³/mol. The van der Waals surface area contributed by atoms with Crippen molar-refractivity contribution in [2.24, 2.45) is 0 Å². The van der Waals surface area contributed by atoms with Crippen molar-refractivity contribution in [2.45, 2.75) is 12.3 Å². The van der Waals surface area contributed by atoms with E-state index in [-0.39, 0.29) is 12.5 Å². The van der Waals surface area contributed by atoms with Crippen molar-refractivity contribution in [1.29, 1.82) is 0 Å². The van der Waals surface area contributed by atoms with Crippen molar-refractivity contribution < 1.29 is 5.11 Å². The normalized spacial score (nSPS) is 13.5. The van der Waals surface area contributed by atoms with Crippen LogP contribution < -0.4 is 0 Å². The molecule has 0 fully saturated rings. The van der Waals surface area contributed by atoms with E-state index in [2.05, 4.69) is 54.6 Å². The Balaban J connectivity index is 1.75. The van der Waals surface area contributed by atoms with Gasteiger partial charge in [0.15, 0.2) is 0 Å². The van der Waals surface area contributed by atoms with Crippen LogP contribution in [0.15, 0.2) is 72.8 Å². The molecule has 108 valence electrons. The summed E-state index contributed by atoms with van der Waals surface area (Å²) in [7, 11) is 0. The van der Waals surface area contributed by atoms with Gasteiger partial charge in [-0.3, -0.25) is 0 Å². The Bertz CT molecular complexity index is 805. The molecule has 0 bridgehead atoms. The SMILES string of the molecule is OCC(c1ccccc1)c1ccc2c(c1)Cc1ccccc1-2. The van der Waals surface area contributed by atoms with Crippen LogP contribution in [0.3, 0.4) is 0 Å². The topological polar surface area (TPSA) is 20.2 Å². The molecule has 1 aliphatic rings. The molecular formula is C21H18O. The molecule has 1 atom stereocenters. The highest BCUT2D eigenvalue weighted by atomic mass is 16.3. The number of hydrogen-bond donors (Lipinski definition) is 1. The van der Waals surface area contributed by atoms with Gasteiger partial charge < -0.3 is 5.11 Å². The number of rotatable bonds is 3. The first-order valence-corrected chi connectivity index (χ1v) is 7.74. The van der Waals surface area contributed by atoms with Gasteiger partial charge >= 0.3 is 0 Å². The summed E-state index contributed by atoms with van der Waals surface area (Å²) in [5.74, 6) is 0.0511.